The summed E-state index contributed by atoms with van der Waals surface area (Å²) in [5.41, 5.74) is 3.36. The van der Waals surface area contributed by atoms with Gasteiger partial charge in [-0.15, -0.1) is 0 Å². The summed E-state index contributed by atoms with van der Waals surface area (Å²) in [6.45, 7) is 6.39. The first-order chi connectivity index (χ1) is 12.8. The lowest BCUT2D eigenvalue weighted by Gasteiger charge is -2.27. The van der Waals surface area contributed by atoms with E-state index in [4.69, 9.17) is 4.74 Å². The molecule has 1 aliphatic carbocycles. The molecule has 4 nitrogen and oxygen atoms in total. The van der Waals surface area contributed by atoms with Gasteiger partial charge in [-0.25, -0.2) is 13.1 Å². The highest BCUT2D eigenvalue weighted by Crippen LogP contribution is 2.41. The van der Waals surface area contributed by atoms with Gasteiger partial charge in [-0.1, -0.05) is 50.2 Å². The number of rotatable bonds is 3. The molecule has 0 aromatic heterocycles. The lowest BCUT2D eigenvalue weighted by Crippen LogP contribution is -2.31. The zero-order chi connectivity index (χ0) is 19.2. The molecule has 2 atom stereocenters. The topological polar surface area (TPSA) is 55.4 Å². The Labute approximate surface area is 162 Å². The standard InChI is InChI=1S/C22H27NO3S/c1-15-13-17-8-6-10-20(21(17)26-15)27(24,25)23-19-14-22(2,3)12-11-16-7-4-5-9-18(16)19/h4-10,15,19,23H,11-14H2,1-3H3. The summed E-state index contributed by atoms with van der Waals surface area (Å²) < 4.78 is 35.4. The van der Waals surface area contributed by atoms with E-state index in [0.717, 1.165) is 36.8 Å². The van der Waals surface area contributed by atoms with Gasteiger partial charge in [0.25, 0.3) is 0 Å². The predicted molar refractivity (Wildman–Crippen MR) is 106 cm³/mol. The number of ether oxygens (including phenoxy) is 1. The highest BCUT2D eigenvalue weighted by molar-refractivity contribution is 7.89. The largest absolute Gasteiger partial charge is 0.489 e. The van der Waals surface area contributed by atoms with Crippen LogP contribution in [0.25, 0.3) is 0 Å². The van der Waals surface area contributed by atoms with Crippen molar-refractivity contribution < 1.29 is 13.2 Å². The van der Waals surface area contributed by atoms with Crippen molar-refractivity contribution in [2.75, 3.05) is 0 Å². The van der Waals surface area contributed by atoms with Crippen molar-refractivity contribution in [1.82, 2.24) is 4.72 Å². The molecule has 0 saturated heterocycles. The normalized spacial score (nSPS) is 23.8. The smallest absolute Gasteiger partial charge is 0.244 e. The van der Waals surface area contributed by atoms with E-state index in [9.17, 15) is 8.42 Å². The fourth-order valence-electron chi connectivity index (χ4n) is 4.32. The fraction of sp³-hybridized carbons (Fsp3) is 0.455. The Balaban J connectivity index is 1.72. The quantitative estimate of drug-likeness (QED) is 0.797. The molecule has 1 heterocycles. The van der Waals surface area contributed by atoms with E-state index in [1.807, 2.05) is 25.1 Å². The second-order valence-electron chi connectivity index (χ2n) is 8.62. The first-order valence-electron chi connectivity index (χ1n) is 9.64. The van der Waals surface area contributed by atoms with Gasteiger partial charge in [0.2, 0.25) is 10.0 Å². The average molecular weight is 386 g/mol. The molecule has 1 N–H and O–H groups in total. The number of hydrogen-bond acceptors (Lipinski definition) is 3. The second kappa shape index (κ2) is 6.64. The molecule has 5 heteroatoms. The molecule has 27 heavy (non-hydrogen) atoms. The van der Waals surface area contributed by atoms with E-state index in [1.165, 1.54) is 5.56 Å². The zero-order valence-corrected chi connectivity index (χ0v) is 17.0. The van der Waals surface area contributed by atoms with E-state index in [0.29, 0.717) is 5.75 Å². The molecule has 0 spiro atoms. The maximum Gasteiger partial charge on any atom is 0.244 e. The van der Waals surface area contributed by atoms with Crippen molar-refractivity contribution in [2.24, 2.45) is 5.41 Å². The van der Waals surface area contributed by atoms with Crippen LogP contribution < -0.4 is 9.46 Å². The lowest BCUT2D eigenvalue weighted by atomic mass is 9.83. The van der Waals surface area contributed by atoms with Gasteiger partial charge in [-0.3, -0.25) is 0 Å². The molecule has 4 rings (SSSR count). The van der Waals surface area contributed by atoms with Crippen molar-refractivity contribution in [3.8, 4) is 5.75 Å². The SMILES string of the molecule is CC1Cc2cccc(S(=O)(=O)NC3CC(C)(C)CCc4ccccc43)c2O1. The van der Waals surface area contributed by atoms with Gasteiger partial charge >= 0.3 is 0 Å². The van der Waals surface area contributed by atoms with Crippen LogP contribution in [0.1, 0.15) is 56.3 Å². The summed E-state index contributed by atoms with van der Waals surface area (Å²) in [6, 6.07) is 13.3. The van der Waals surface area contributed by atoms with Gasteiger partial charge in [0.15, 0.2) is 0 Å². The maximum absolute atomic E-state index is 13.3. The highest BCUT2D eigenvalue weighted by atomic mass is 32.2. The van der Waals surface area contributed by atoms with Crippen LogP contribution in [-0.4, -0.2) is 14.5 Å². The Kier molecular flexibility index (Phi) is 4.55. The number of nitrogens with one attached hydrogen (secondary N) is 1. The number of fused-ring (bicyclic) bond motifs is 2. The Morgan fingerprint density at radius 3 is 2.63 bits per heavy atom. The monoisotopic (exact) mass is 385 g/mol. The Morgan fingerprint density at radius 2 is 1.81 bits per heavy atom. The van der Waals surface area contributed by atoms with E-state index >= 15 is 0 Å². The van der Waals surface area contributed by atoms with Crippen LogP contribution in [0.4, 0.5) is 0 Å². The summed E-state index contributed by atoms with van der Waals surface area (Å²) in [7, 11) is -3.69. The summed E-state index contributed by atoms with van der Waals surface area (Å²) in [5.74, 6) is 0.513. The zero-order valence-electron chi connectivity index (χ0n) is 16.2. The van der Waals surface area contributed by atoms with Crippen LogP contribution in [-0.2, 0) is 22.9 Å². The number of sulfonamides is 1. The lowest BCUT2D eigenvalue weighted by molar-refractivity contribution is 0.249. The first kappa shape index (κ1) is 18.5. The van der Waals surface area contributed by atoms with Gasteiger partial charge in [0.05, 0.1) is 0 Å². The molecule has 2 aliphatic rings. The molecule has 0 saturated carbocycles. The Morgan fingerprint density at radius 1 is 1.07 bits per heavy atom. The molecule has 0 bridgehead atoms. The van der Waals surface area contributed by atoms with Gasteiger partial charge in [-0.05, 0) is 54.4 Å². The molecule has 2 aromatic rings. The van der Waals surface area contributed by atoms with Crippen LogP contribution in [0.2, 0.25) is 0 Å². The molecule has 2 unspecified atom stereocenters. The van der Waals surface area contributed by atoms with Gasteiger partial charge in [-0.2, -0.15) is 0 Å². The van der Waals surface area contributed by atoms with Crippen LogP contribution in [0.5, 0.6) is 5.75 Å². The average Bonchev–Trinajstić information content (AvgIpc) is 2.93. The molecular weight excluding hydrogens is 358 g/mol. The summed E-state index contributed by atoms with van der Waals surface area (Å²) in [4.78, 5) is 0.254. The van der Waals surface area contributed by atoms with Crippen LogP contribution in [0, 0.1) is 5.41 Å². The molecule has 0 amide bonds. The van der Waals surface area contributed by atoms with Crippen LogP contribution in [0.15, 0.2) is 47.4 Å². The van der Waals surface area contributed by atoms with Gasteiger partial charge < -0.3 is 4.74 Å². The third-order valence-electron chi connectivity index (χ3n) is 5.73. The number of benzene rings is 2. The maximum atomic E-state index is 13.3. The number of aryl methyl sites for hydroxylation is 1. The van der Waals surface area contributed by atoms with Crippen molar-refractivity contribution in [1.29, 1.82) is 0 Å². The molecule has 0 radical (unpaired) electrons. The first-order valence-corrected chi connectivity index (χ1v) is 11.1. The molecule has 2 aromatic carbocycles. The van der Waals surface area contributed by atoms with Crippen molar-refractivity contribution >= 4 is 10.0 Å². The molecule has 1 aliphatic heterocycles. The van der Waals surface area contributed by atoms with Crippen molar-refractivity contribution in [3.63, 3.8) is 0 Å². The number of para-hydroxylation sites is 1. The number of hydrogen-bond donors (Lipinski definition) is 1. The van der Waals surface area contributed by atoms with Gasteiger partial charge in [0, 0.05) is 12.5 Å². The third-order valence-corrected chi connectivity index (χ3v) is 7.23. The van der Waals surface area contributed by atoms with Gasteiger partial charge in [0.1, 0.15) is 16.7 Å². The van der Waals surface area contributed by atoms with E-state index < -0.39 is 10.0 Å². The molecule has 0 fully saturated rings. The van der Waals surface area contributed by atoms with E-state index in [-0.39, 0.29) is 22.5 Å². The van der Waals surface area contributed by atoms with Crippen molar-refractivity contribution in [2.45, 2.75) is 63.5 Å². The van der Waals surface area contributed by atoms with E-state index in [1.54, 1.807) is 12.1 Å². The van der Waals surface area contributed by atoms with Crippen LogP contribution >= 0.6 is 0 Å². The summed E-state index contributed by atoms with van der Waals surface area (Å²) in [5, 5.41) is 0. The third kappa shape index (κ3) is 3.63. The van der Waals surface area contributed by atoms with Crippen molar-refractivity contribution in [3.05, 3.63) is 59.2 Å². The van der Waals surface area contributed by atoms with Crippen LogP contribution in [0.3, 0.4) is 0 Å². The summed E-state index contributed by atoms with van der Waals surface area (Å²) in [6.07, 6.45) is 3.55. The summed E-state index contributed by atoms with van der Waals surface area (Å²) >= 11 is 0. The Hall–Kier alpha value is -1.85. The minimum absolute atomic E-state index is 0.00823. The minimum atomic E-state index is -3.69. The fourth-order valence-corrected chi connectivity index (χ4v) is 5.71. The Bertz CT molecular complexity index is 965. The minimum Gasteiger partial charge on any atom is -0.489 e. The molecular formula is C22H27NO3S. The molecule has 144 valence electrons. The highest BCUT2D eigenvalue weighted by Gasteiger charge is 2.34. The van der Waals surface area contributed by atoms with E-state index in [2.05, 4.69) is 30.7 Å². The predicted octanol–water partition coefficient (Wildman–Crippen LogP) is 4.39. The second-order valence-corrected chi connectivity index (χ2v) is 10.3.